The molecule has 2 heterocycles. The van der Waals surface area contributed by atoms with Crippen LogP contribution in [0.3, 0.4) is 0 Å². The highest BCUT2D eigenvalue weighted by atomic mass is 32.2. The number of hydrogen-bond donors (Lipinski definition) is 1. The molecule has 0 aromatic carbocycles. The van der Waals surface area contributed by atoms with E-state index in [4.69, 9.17) is 14.6 Å². The van der Waals surface area contributed by atoms with Gasteiger partial charge in [-0.15, -0.1) is 5.14 Å². The molecule has 0 spiro atoms. The quantitative estimate of drug-likeness (QED) is 0.808. The van der Waals surface area contributed by atoms with Crippen molar-refractivity contribution in [2.24, 2.45) is 5.14 Å². The average Bonchev–Trinajstić information content (AvgIpc) is 2.71. The lowest BCUT2D eigenvalue weighted by molar-refractivity contribution is -0.159. The Morgan fingerprint density at radius 2 is 2.25 bits per heavy atom. The summed E-state index contributed by atoms with van der Waals surface area (Å²) in [5.74, 6) is -0.609. The SMILES string of the molecule is CC1(C)OCC(C)(c2ncc([S+](N)[O-])s2)O1. The van der Waals surface area contributed by atoms with Gasteiger partial charge >= 0.3 is 0 Å². The van der Waals surface area contributed by atoms with E-state index in [9.17, 15) is 4.55 Å². The molecule has 0 bridgehead atoms. The van der Waals surface area contributed by atoms with Crippen molar-refractivity contribution >= 4 is 22.7 Å². The molecule has 1 aromatic heterocycles. The Bertz CT molecular complexity index is 394. The van der Waals surface area contributed by atoms with E-state index < -0.39 is 22.8 Å². The molecule has 1 aliphatic heterocycles. The number of thiazole rings is 1. The summed E-state index contributed by atoms with van der Waals surface area (Å²) in [6.07, 6.45) is 1.52. The number of rotatable bonds is 2. The second-order valence-corrected chi connectivity index (χ2v) is 6.63. The summed E-state index contributed by atoms with van der Waals surface area (Å²) >= 11 is -0.189. The largest absolute Gasteiger partial charge is 0.592 e. The van der Waals surface area contributed by atoms with Gasteiger partial charge in [-0.1, -0.05) is 11.3 Å². The van der Waals surface area contributed by atoms with E-state index in [0.717, 1.165) is 5.01 Å². The minimum atomic E-state index is -1.49. The highest BCUT2D eigenvalue weighted by Gasteiger charge is 2.45. The second kappa shape index (κ2) is 3.94. The Labute approximate surface area is 101 Å². The molecule has 0 amide bonds. The van der Waals surface area contributed by atoms with E-state index >= 15 is 0 Å². The van der Waals surface area contributed by atoms with Gasteiger partial charge in [0.25, 0.3) is 0 Å². The van der Waals surface area contributed by atoms with Gasteiger partial charge in [-0.2, -0.15) is 0 Å². The molecular weight excluding hydrogens is 248 g/mol. The molecule has 7 heteroatoms. The second-order valence-electron chi connectivity index (χ2n) is 4.30. The standard InChI is InChI=1S/C9H14N2O3S2/c1-8(2)13-5-9(3,14-8)7-11-4-6(15-7)16(10)12/h4H,5,10H2,1-3H3. The predicted octanol–water partition coefficient (Wildman–Crippen LogP) is 1.12. The Balaban J connectivity index is 2.24. The maximum atomic E-state index is 11.1. The molecule has 1 saturated heterocycles. The molecule has 2 N–H and O–H groups in total. The van der Waals surface area contributed by atoms with Crippen LogP contribution in [-0.2, 0) is 26.4 Å². The molecule has 0 aliphatic carbocycles. The van der Waals surface area contributed by atoms with E-state index in [0.29, 0.717) is 10.8 Å². The fourth-order valence-electron chi connectivity index (χ4n) is 1.62. The minimum absolute atomic E-state index is 0.435. The first kappa shape index (κ1) is 12.3. The third kappa shape index (κ3) is 2.24. The summed E-state index contributed by atoms with van der Waals surface area (Å²) in [5, 5.41) is 6.04. The summed E-state index contributed by atoms with van der Waals surface area (Å²) < 4.78 is 23.0. The maximum Gasteiger partial charge on any atom is 0.247 e. The summed E-state index contributed by atoms with van der Waals surface area (Å²) in [6.45, 7) is 6.05. The van der Waals surface area contributed by atoms with E-state index in [1.165, 1.54) is 17.5 Å². The van der Waals surface area contributed by atoms with Crippen LogP contribution < -0.4 is 5.14 Å². The first-order valence-corrected chi connectivity index (χ1v) is 6.82. The number of nitrogens with zero attached hydrogens (tertiary/aromatic N) is 1. The van der Waals surface area contributed by atoms with Crippen LogP contribution in [0.15, 0.2) is 10.4 Å². The molecular formula is C9H14N2O3S2. The van der Waals surface area contributed by atoms with E-state index in [1.54, 1.807) is 0 Å². The first-order valence-electron chi connectivity index (χ1n) is 4.79. The summed E-state index contributed by atoms with van der Waals surface area (Å²) in [6, 6.07) is 0. The molecule has 1 aromatic rings. The zero-order valence-electron chi connectivity index (χ0n) is 9.35. The van der Waals surface area contributed by atoms with Gasteiger partial charge in [-0.3, -0.25) is 0 Å². The first-order chi connectivity index (χ1) is 7.32. The smallest absolute Gasteiger partial charge is 0.247 e. The summed E-state index contributed by atoms with van der Waals surface area (Å²) in [7, 11) is 0. The van der Waals surface area contributed by atoms with Crippen LogP contribution >= 0.6 is 11.3 Å². The van der Waals surface area contributed by atoms with Crippen molar-refractivity contribution in [1.82, 2.24) is 4.98 Å². The minimum Gasteiger partial charge on any atom is -0.592 e. The Hall–Kier alpha value is -0.180. The molecule has 16 heavy (non-hydrogen) atoms. The van der Waals surface area contributed by atoms with Gasteiger partial charge in [-0.25, -0.2) is 4.98 Å². The van der Waals surface area contributed by atoms with Crippen molar-refractivity contribution in [3.05, 3.63) is 11.2 Å². The van der Waals surface area contributed by atoms with Crippen LogP contribution in [0.1, 0.15) is 25.8 Å². The third-order valence-electron chi connectivity index (χ3n) is 2.30. The third-order valence-corrected chi connectivity index (χ3v) is 4.58. The Morgan fingerprint density at radius 1 is 1.56 bits per heavy atom. The number of ether oxygens (including phenoxy) is 2. The predicted molar refractivity (Wildman–Crippen MR) is 61.2 cm³/mol. The molecule has 1 aliphatic rings. The molecule has 5 nitrogen and oxygen atoms in total. The topological polar surface area (TPSA) is 80.4 Å². The summed E-state index contributed by atoms with van der Waals surface area (Å²) in [5.41, 5.74) is -0.578. The van der Waals surface area contributed by atoms with E-state index in [-0.39, 0.29) is 0 Å². The average molecular weight is 262 g/mol. The van der Waals surface area contributed by atoms with Gasteiger partial charge < -0.3 is 14.0 Å². The van der Waals surface area contributed by atoms with E-state index in [1.807, 2.05) is 20.8 Å². The van der Waals surface area contributed by atoms with E-state index in [2.05, 4.69) is 4.98 Å². The van der Waals surface area contributed by atoms with Crippen LogP contribution in [0, 0.1) is 0 Å². The monoisotopic (exact) mass is 262 g/mol. The summed E-state index contributed by atoms with van der Waals surface area (Å²) in [4.78, 5) is 4.20. The Kier molecular flexibility index (Phi) is 3.02. The molecule has 0 radical (unpaired) electrons. The van der Waals surface area contributed by atoms with Gasteiger partial charge in [0.15, 0.2) is 5.79 Å². The fraction of sp³-hybridized carbons (Fsp3) is 0.667. The van der Waals surface area contributed by atoms with Crippen LogP contribution in [0.5, 0.6) is 0 Å². The number of hydrogen-bond acceptors (Lipinski definition) is 6. The van der Waals surface area contributed by atoms with Crippen molar-refractivity contribution in [2.75, 3.05) is 6.61 Å². The zero-order valence-corrected chi connectivity index (χ0v) is 11.0. The molecule has 1 fully saturated rings. The molecule has 2 unspecified atom stereocenters. The highest BCUT2D eigenvalue weighted by Crippen LogP contribution is 2.40. The number of aromatic nitrogens is 1. The van der Waals surface area contributed by atoms with Crippen molar-refractivity contribution < 1.29 is 14.0 Å². The van der Waals surface area contributed by atoms with Crippen LogP contribution in [0.4, 0.5) is 0 Å². The molecule has 2 atom stereocenters. The van der Waals surface area contributed by atoms with Crippen molar-refractivity contribution in [3.8, 4) is 0 Å². The van der Waals surface area contributed by atoms with Crippen molar-refractivity contribution in [2.45, 2.75) is 36.4 Å². The fourth-order valence-corrected chi connectivity index (χ4v) is 3.05. The van der Waals surface area contributed by atoms with Gasteiger partial charge in [-0.05, 0) is 20.8 Å². The lowest BCUT2D eigenvalue weighted by atomic mass is 10.1. The van der Waals surface area contributed by atoms with Crippen LogP contribution in [0.25, 0.3) is 0 Å². The molecule has 90 valence electrons. The highest BCUT2D eigenvalue weighted by molar-refractivity contribution is 7.91. The van der Waals surface area contributed by atoms with Crippen molar-refractivity contribution in [3.63, 3.8) is 0 Å². The van der Waals surface area contributed by atoms with Crippen LogP contribution in [0.2, 0.25) is 0 Å². The molecule has 0 saturated carbocycles. The zero-order chi connectivity index (χ0) is 12.0. The van der Waals surface area contributed by atoms with Gasteiger partial charge in [0.1, 0.15) is 10.6 Å². The lowest BCUT2D eigenvalue weighted by Gasteiger charge is -2.22. The number of nitrogens with two attached hydrogens (primary N) is 1. The van der Waals surface area contributed by atoms with Crippen molar-refractivity contribution in [1.29, 1.82) is 0 Å². The lowest BCUT2D eigenvalue weighted by Crippen LogP contribution is -2.28. The Morgan fingerprint density at radius 3 is 2.69 bits per heavy atom. The van der Waals surface area contributed by atoms with Gasteiger partial charge in [0, 0.05) is 0 Å². The van der Waals surface area contributed by atoms with Crippen LogP contribution in [-0.4, -0.2) is 21.9 Å². The maximum absolute atomic E-state index is 11.1. The molecule has 2 rings (SSSR count). The normalized spacial score (nSPS) is 30.6. The van der Waals surface area contributed by atoms with Gasteiger partial charge in [0.2, 0.25) is 4.21 Å². The van der Waals surface area contributed by atoms with Gasteiger partial charge in [0.05, 0.1) is 24.2 Å².